The van der Waals surface area contributed by atoms with Gasteiger partial charge in [0.2, 0.25) is 23.6 Å². The molecule has 28 heavy (non-hydrogen) atoms. The molecule has 160 valence electrons. The molecular weight excluding hydrogens is 374 g/mol. The zero-order valence-corrected chi connectivity index (χ0v) is 15.9. The van der Waals surface area contributed by atoms with Gasteiger partial charge in [-0.15, -0.1) is 0 Å². The zero-order chi connectivity index (χ0) is 21.9. The fraction of sp³-hybridized carbons (Fsp3) is 0.688. The molecular formula is C16H29N5O7. The van der Waals surface area contributed by atoms with E-state index in [1.165, 1.54) is 0 Å². The Morgan fingerprint density at radius 1 is 1.07 bits per heavy atom. The van der Waals surface area contributed by atoms with E-state index >= 15 is 0 Å². The summed E-state index contributed by atoms with van der Waals surface area (Å²) in [7, 11) is 0. The number of amides is 4. The van der Waals surface area contributed by atoms with E-state index in [9.17, 15) is 34.2 Å². The second-order valence-electron chi connectivity index (χ2n) is 6.34. The van der Waals surface area contributed by atoms with Crippen molar-refractivity contribution in [2.75, 3.05) is 13.2 Å². The molecule has 0 fully saturated rings. The van der Waals surface area contributed by atoms with Gasteiger partial charge in [0.05, 0.1) is 19.2 Å². The highest BCUT2D eigenvalue weighted by atomic mass is 16.4. The number of rotatable bonds is 13. The van der Waals surface area contributed by atoms with Crippen molar-refractivity contribution in [1.29, 1.82) is 0 Å². The van der Waals surface area contributed by atoms with Crippen molar-refractivity contribution in [3.63, 3.8) is 0 Å². The van der Waals surface area contributed by atoms with E-state index in [4.69, 9.17) is 11.5 Å². The number of hydrogen-bond acceptors (Lipinski definition) is 7. The molecule has 0 saturated carbocycles. The van der Waals surface area contributed by atoms with Crippen LogP contribution in [0.5, 0.6) is 0 Å². The Morgan fingerprint density at radius 3 is 2.14 bits per heavy atom. The molecule has 0 radical (unpaired) electrons. The summed E-state index contributed by atoms with van der Waals surface area (Å²) in [6.45, 7) is 2.11. The third kappa shape index (κ3) is 9.28. The Morgan fingerprint density at radius 2 is 1.68 bits per heavy atom. The molecule has 4 unspecified atom stereocenters. The van der Waals surface area contributed by atoms with Gasteiger partial charge in [-0.1, -0.05) is 20.3 Å². The van der Waals surface area contributed by atoms with Gasteiger partial charge in [-0.25, -0.2) is 4.79 Å². The topological polar surface area (TPSA) is 214 Å². The van der Waals surface area contributed by atoms with Crippen molar-refractivity contribution in [3.05, 3.63) is 0 Å². The van der Waals surface area contributed by atoms with Crippen LogP contribution in [0.2, 0.25) is 0 Å². The van der Waals surface area contributed by atoms with Crippen LogP contribution >= 0.6 is 0 Å². The number of aliphatic carboxylic acids is 1. The molecule has 12 heteroatoms. The number of carboxylic acids is 1. The first-order valence-corrected chi connectivity index (χ1v) is 8.78. The van der Waals surface area contributed by atoms with E-state index in [-0.39, 0.29) is 18.8 Å². The summed E-state index contributed by atoms with van der Waals surface area (Å²) in [4.78, 5) is 57.6. The van der Waals surface area contributed by atoms with Crippen molar-refractivity contribution in [1.82, 2.24) is 16.0 Å². The van der Waals surface area contributed by atoms with Crippen LogP contribution in [0.15, 0.2) is 0 Å². The number of hydrogen-bond donors (Lipinski definition) is 7. The summed E-state index contributed by atoms with van der Waals surface area (Å²) in [6.07, 6.45) is 0.417. The third-order valence-electron chi connectivity index (χ3n) is 4.07. The first-order valence-electron chi connectivity index (χ1n) is 8.78. The minimum atomic E-state index is -1.39. The molecule has 0 rings (SSSR count). The predicted octanol–water partition coefficient (Wildman–Crippen LogP) is -3.21. The Kier molecular flexibility index (Phi) is 11.4. The predicted molar refractivity (Wildman–Crippen MR) is 97.5 cm³/mol. The van der Waals surface area contributed by atoms with Gasteiger partial charge in [0.25, 0.3) is 0 Å². The molecule has 0 spiro atoms. The van der Waals surface area contributed by atoms with E-state index in [2.05, 4.69) is 16.0 Å². The molecule has 0 aliphatic carbocycles. The van der Waals surface area contributed by atoms with E-state index in [1.54, 1.807) is 13.8 Å². The van der Waals surface area contributed by atoms with Crippen molar-refractivity contribution in [2.45, 2.75) is 51.2 Å². The van der Waals surface area contributed by atoms with Crippen LogP contribution in [0, 0.1) is 5.92 Å². The molecule has 0 aromatic rings. The first kappa shape index (κ1) is 25.3. The maximum atomic E-state index is 12.1. The summed E-state index contributed by atoms with van der Waals surface area (Å²) in [6, 6.07) is -3.60. The highest BCUT2D eigenvalue weighted by Gasteiger charge is 2.29. The second-order valence-corrected chi connectivity index (χ2v) is 6.34. The van der Waals surface area contributed by atoms with Crippen molar-refractivity contribution < 1.29 is 34.2 Å². The van der Waals surface area contributed by atoms with Crippen molar-refractivity contribution in [3.8, 4) is 0 Å². The third-order valence-corrected chi connectivity index (χ3v) is 4.07. The number of aliphatic hydroxyl groups excluding tert-OH is 1. The molecule has 0 aromatic carbocycles. The van der Waals surface area contributed by atoms with E-state index in [1.807, 2.05) is 0 Å². The smallest absolute Gasteiger partial charge is 0.326 e. The van der Waals surface area contributed by atoms with Gasteiger partial charge in [-0.3, -0.25) is 19.2 Å². The second kappa shape index (κ2) is 12.6. The SMILES string of the molecule is CCC(C)C(NC(=O)C(CO)NC(=O)CNC(=O)C(N)CCC(N)=O)C(=O)O. The lowest BCUT2D eigenvalue weighted by atomic mass is 9.99. The molecule has 0 aliphatic rings. The van der Waals surface area contributed by atoms with Gasteiger partial charge in [0.15, 0.2) is 0 Å². The number of primary amides is 1. The van der Waals surface area contributed by atoms with Gasteiger partial charge in [-0.2, -0.15) is 0 Å². The molecule has 0 aromatic heterocycles. The van der Waals surface area contributed by atoms with Crippen LogP contribution < -0.4 is 27.4 Å². The summed E-state index contributed by atoms with van der Waals surface area (Å²) in [5.41, 5.74) is 10.5. The lowest BCUT2D eigenvalue weighted by Crippen LogP contribution is -2.56. The minimum absolute atomic E-state index is 0.0106. The fourth-order valence-corrected chi connectivity index (χ4v) is 2.10. The highest BCUT2D eigenvalue weighted by Crippen LogP contribution is 2.08. The van der Waals surface area contributed by atoms with Crippen LogP contribution in [-0.2, 0) is 24.0 Å². The average Bonchev–Trinajstić information content (AvgIpc) is 2.64. The van der Waals surface area contributed by atoms with Crippen molar-refractivity contribution in [2.24, 2.45) is 17.4 Å². The molecule has 0 aliphatic heterocycles. The number of carbonyl (C=O) groups is 5. The maximum absolute atomic E-state index is 12.1. The van der Waals surface area contributed by atoms with Gasteiger partial charge in [0, 0.05) is 6.42 Å². The Labute approximate surface area is 162 Å². The van der Waals surface area contributed by atoms with Crippen LogP contribution in [0.3, 0.4) is 0 Å². The van der Waals surface area contributed by atoms with Gasteiger partial charge < -0.3 is 37.6 Å². The summed E-state index contributed by atoms with van der Waals surface area (Å²) in [5.74, 6) is -4.56. The first-order chi connectivity index (χ1) is 13.0. The standard InChI is InChI=1S/C16H29N5O7/c1-3-8(2)13(16(27)28)21-15(26)10(7-22)20-12(24)6-19-14(25)9(17)4-5-11(18)23/h8-10,13,22H,3-7,17H2,1-2H3,(H2,18,23)(H,19,25)(H,20,24)(H,21,26)(H,27,28). The van der Waals surface area contributed by atoms with Crippen LogP contribution in [-0.4, -0.2) is 71.1 Å². The number of aliphatic hydroxyl groups is 1. The number of carboxylic acid groups (broad SMARTS) is 1. The largest absolute Gasteiger partial charge is 0.480 e. The number of nitrogens with one attached hydrogen (secondary N) is 3. The van der Waals surface area contributed by atoms with E-state index in [0.29, 0.717) is 6.42 Å². The minimum Gasteiger partial charge on any atom is -0.480 e. The molecule has 0 saturated heterocycles. The van der Waals surface area contributed by atoms with E-state index < -0.39 is 60.9 Å². The van der Waals surface area contributed by atoms with E-state index in [0.717, 1.165) is 0 Å². The Bertz CT molecular complexity index is 584. The summed E-state index contributed by atoms with van der Waals surface area (Å²) < 4.78 is 0. The quantitative estimate of drug-likeness (QED) is 0.166. The van der Waals surface area contributed by atoms with Gasteiger partial charge in [0.1, 0.15) is 12.1 Å². The van der Waals surface area contributed by atoms with Crippen molar-refractivity contribution >= 4 is 29.6 Å². The molecule has 0 heterocycles. The molecule has 0 bridgehead atoms. The zero-order valence-electron chi connectivity index (χ0n) is 15.9. The number of nitrogens with two attached hydrogens (primary N) is 2. The molecule has 9 N–H and O–H groups in total. The van der Waals surface area contributed by atoms with Crippen LogP contribution in [0.1, 0.15) is 33.1 Å². The average molecular weight is 403 g/mol. The van der Waals surface area contributed by atoms with Crippen LogP contribution in [0.25, 0.3) is 0 Å². The van der Waals surface area contributed by atoms with Gasteiger partial charge >= 0.3 is 5.97 Å². The normalized spacial score (nSPS) is 14.9. The summed E-state index contributed by atoms with van der Waals surface area (Å²) in [5, 5.41) is 25.2. The maximum Gasteiger partial charge on any atom is 0.326 e. The molecule has 4 amide bonds. The fourth-order valence-electron chi connectivity index (χ4n) is 2.10. The summed E-state index contributed by atoms with van der Waals surface area (Å²) >= 11 is 0. The number of carbonyl (C=O) groups excluding carboxylic acids is 4. The lowest BCUT2D eigenvalue weighted by Gasteiger charge is -2.23. The molecule has 12 nitrogen and oxygen atoms in total. The highest BCUT2D eigenvalue weighted by molar-refractivity contribution is 5.92. The van der Waals surface area contributed by atoms with Gasteiger partial charge in [-0.05, 0) is 12.3 Å². The Hall–Kier alpha value is -2.73. The monoisotopic (exact) mass is 403 g/mol. The lowest BCUT2D eigenvalue weighted by molar-refractivity contribution is -0.144. The van der Waals surface area contributed by atoms with Crippen LogP contribution in [0.4, 0.5) is 0 Å². The Balaban J connectivity index is 4.61. The molecule has 4 atom stereocenters.